The monoisotopic (exact) mass is 320 g/mol. The van der Waals surface area contributed by atoms with Gasteiger partial charge in [0.05, 0.1) is 13.2 Å². The SMILES string of the molecule is CCc1ccccc1O[C@@H](C)C(=O)NCCCN1CCOCC1. The molecule has 0 saturated carbocycles. The highest BCUT2D eigenvalue weighted by Crippen LogP contribution is 2.19. The van der Waals surface area contributed by atoms with Gasteiger partial charge in [0.2, 0.25) is 0 Å². The Morgan fingerprint density at radius 2 is 2.09 bits per heavy atom. The van der Waals surface area contributed by atoms with Crippen LogP contribution in [0, 0.1) is 0 Å². The van der Waals surface area contributed by atoms with E-state index in [9.17, 15) is 4.79 Å². The van der Waals surface area contributed by atoms with E-state index in [0.29, 0.717) is 6.54 Å². The number of rotatable bonds is 8. The van der Waals surface area contributed by atoms with Crippen molar-refractivity contribution in [1.29, 1.82) is 0 Å². The molecule has 1 aromatic rings. The van der Waals surface area contributed by atoms with Crippen molar-refractivity contribution in [3.8, 4) is 5.75 Å². The van der Waals surface area contributed by atoms with E-state index in [4.69, 9.17) is 9.47 Å². The van der Waals surface area contributed by atoms with Crippen LogP contribution >= 0.6 is 0 Å². The molecule has 0 unspecified atom stereocenters. The largest absolute Gasteiger partial charge is 0.481 e. The summed E-state index contributed by atoms with van der Waals surface area (Å²) in [5.74, 6) is 0.740. The van der Waals surface area contributed by atoms with Crippen LogP contribution in [0.2, 0.25) is 0 Å². The van der Waals surface area contributed by atoms with Crippen molar-refractivity contribution in [2.24, 2.45) is 0 Å². The van der Waals surface area contributed by atoms with Crippen LogP contribution in [0.4, 0.5) is 0 Å². The number of para-hydroxylation sites is 1. The number of hydrogen-bond donors (Lipinski definition) is 1. The fraction of sp³-hybridized carbons (Fsp3) is 0.611. The molecule has 0 spiro atoms. The zero-order chi connectivity index (χ0) is 16.5. The van der Waals surface area contributed by atoms with Crippen molar-refractivity contribution < 1.29 is 14.3 Å². The molecule has 1 aromatic carbocycles. The van der Waals surface area contributed by atoms with Gasteiger partial charge in [-0.15, -0.1) is 0 Å². The quantitative estimate of drug-likeness (QED) is 0.743. The molecule has 0 aromatic heterocycles. The van der Waals surface area contributed by atoms with Crippen molar-refractivity contribution in [3.05, 3.63) is 29.8 Å². The highest BCUT2D eigenvalue weighted by atomic mass is 16.5. The zero-order valence-electron chi connectivity index (χ0n) is 14.2. The lowest BCUT2D eigenvalue weighted by Crippen LogP contribution is -2.40. The van der Waals surface area contributed by atoms with E-state index in [-0.39, 0.29) is 5.91 Å². The van der Waals surface area contributed by atoms with Crippen LogP contribution in [-0.2, 0) is 16.0 Å². The average molecular weight is 320 g/mol. The minimum Gasteiger partial charge on any atom is -0.481 e. The van der Waals surface area contributed by atoms with Crippen LogP contribution in [0.1, 0.15) is 25.8 Å². The molecule has 1 aliphatic heterocycles. The van der Waals surface area contributed by atoms with E-state index in [1.807, 2.05) is 24.3 Å². The number of ether oxygens (including phenoxy) is 2. The Bertz CT molecular complexity index is 487. The second kappa shape index (κ2) is 9.53. The lowest BCUT2D eigenvalue weighted by Gasteiger charge is -2.26. The summed E-state index contributed by atoms with van der Waals surface area (Å²) in [6.07, 6.45) is 1.36. The van der Waals surface area contributed by atoms with Gasteiger partial charge in [-0.1, -0.05) is 25.1 Å². The van der Waals surface area contributed by atoms with Crippen LogP contribution in [0.5, 0.6) is 5.75 Å². The third-order valence-corrected chi connectivity index (χ3v) is 4.08. The number of nitrogens with one attached hydrogen (secondary N) is 1. The fourth-order valence-electron chi connectivity index (χ4n) is 2.64. The Morgan fingerprint density at radius 3 is 2.83 bits per heavy atom. The number of aryl methyl sites for hydroxylation is 1. The van der Waals surface area contributed by atoms with Gasteiger partial charge in [0.1, 0.15) is 5.75 Å². The van der Waals surface area contributed by atoms with E-state index in [2.05, 4.69) is 17.1 Å². The number of carbonyl (C=O) groups excluding carboxylic acids is 1. The molecule has 0 aliphatic carbocycles. The lowest BCUT2D eigenvalue weighted by atomic mass is 10.1. The molecule has 1 heterocycles. The topological polar surface area (TPSA) is 50.8 Å². The van der Waals surface area contributed by atoms with Crippen LogP contribution < -0.4 is 10.1 Å². The standard InChI is InChI=1S/C18H28N2O3/c1-3-16-7-4-5-8-17(16)23-15(2)18(21)19-9-6-10-20-11-13-22-14-12-20/h4-5,7-8,15H,3,6,9-14H2,1-2H3,(H,19,21)/t15-/m0/s1. The van der Waals surface area contributed by atoms with Gasteiger partial charge in [-0.25, -0.2) is 0 Å². The van der Waals surface area contributed by atoms with Crippen molar-refractivity contribution in [2.75, 3.05) is 39.4 Å². The van der Waals surface area contributed by atoms with Gasteiger partial charge in [-0.05, 0) is 37.9 Å². The Labute approximate surface area is 139 Å². The first-order valence-corrected chi connectivity index (χ1v) is 8.53. The average Bonchev–Trinajstić information content (AvgIpc) is 2.60. The molecule has 1 amide bonds. The minimum absolute atomic E-state index is 0.0575. The molecule has 1 fully saturated rings. The maximum absolute atomic E-state index is 12.1. The van der Waals surface area contributed by atoms with Crippen molar-refractivity contribution >= 4 is 5.91 Å². The lowest BCUT2D eigenvalue weighted by molar-refractivity contribution is -0.127. The number of carbonyl (C=O) groups is 1. The molecule has 0 radical (unpaired) electrons. The summed E-state index contributed by atoms with van der Waals surface area (Å²) in [4.78, 5) is 14.5. The van der Waals surface area contributed by atoms with Gasteiger partial charge < -0.3 is 14.8 Å². The molecule has 2 rings (SSSR count). The highest BCUT2D eigenvalue weighted by Gasteiger charge is 2.16. The second-order valence-electron chi connectivity index (χ2n) is 5.82. The second-order valence-corrected chi connectivity index (χ2v) is 5.82. The fourth-order valence-corrected chi connectivity index (χ4v) is 2.64. The van der Waals surface area contributed by atoms with Crippen LogP contribution in [-0.4, -0.2) is 56.3 Å². The van der Waals surface area contributed by atoms with E-state index < -0.39 is 6.10 Å². The first kappa shape index (κ1) is 17.8. The van der Waals surface area contributed by atoms with Gasteiger partial charge in [-0.2, -0.15) is 0 Å². The molecule has 23 heavy (non-hydrogen) atoms. The molecule has 1 aliphatic rings. The summed E-state index contributed by atoms with van der Waals surface area (Å²) < 4.78 is 11.1. The molecule has 0 bridgehead atoms. The molecular weight excluding hydrogens is 292 g/mol. The number of nitrogens with zero attached hydrogens (tertiary/aromatic N) is 1. The summed E-state index contributed by atoms with van der Waals surface area (Å²) in [6.45, 7) is 9.16. The normalized spacial score (nSPS) is 16.8. The van der Waals surface area contributed by atoms with E-state index in [1.54, 1.807) is 6.92 Å². The third-order valence-electron chi connectivity index (χ3n) is 4.08. The first-order valence-electron chi connectivity index (χ1n) is 8.53. The van der Waals surface area contributed by atoms with Gasteiger partial charge in [0.15, 0.2) is 6.10 Å². The van der Waals surface area contributed by atoms with Crippen LogP contribution in [0.25, 0.3) is 0 Å². The Balaban J connectivity index is 1.68. The van der Waals surface area contributed by atoms with Crippen molar-refractivity contribution in [2.45, 2.75) is 32.8 Å². The van der Waals surface area contributed by atoms with Crippen LogP contribution in [0.3, 0.4) is 0 Å². The Hall–Kier alpha value is -1.59. The van der Waals surface area contributed by atoms with Gasteiger partial charge in [-0.3, -0.25) is 9.69 Å². The summed E-state index contributed by atoms with van der Waals surface area (Å²) in [6, 6.07) is 7.87. The Kier molecular flexibility index (Phi) is 7.36. The number of amides is 1. The summed E-state index contributed by atoms with van der Waals surface area (Å²) in [5.41, 5.74) is 1.12. The Morgan fingerprint density at radius 1 is 1.35 bits per heavy atom. The predicted molar refractivity (Wildman–Crippen MR) is 90.8 cm³/mol. The molecular formula is C18H28N2O3. The molecule has 5 nitrogen and oxygen atoms in total. The molecule has 5 heteroatoms. The van der Waals surface area contributed by atoms with Crippen molar-refractivity contribution in [3.63, 3.8) is 0 Å². The maximum atomic E-state index is 12.1. The van der Waals surface area contributed by atoms with Gasteiger partial charge >= 0.3 is 0 Å². The summed E-state index contributed by atoms with van der Waals surface area (Å²) in [5, 5.41) is 2.96. The van der Waals surface area contributed by atoms with E-state index >= 15 is 0 Å². The molecule has 1 N–H and O–H groups in total. The smallest absolute Gasteiger partial charge is 0.260 e. The van der Waals surface area contributed by atoms with Gasteiger partial charge in [0, 0.05) is 19.6 Å². The van der Waals surface area contributed by atoms with Crippen molar-refractivity contribution in [1.82, 2.24) is 10.2 Å². The summed E-state index contributed by atoms with van der Waals surface area (Å²) in [7, 11) is 0. The molecule has 128 valence electrons. The van der Waals surface area contributed by atoms with Gasteiger partial charge in [0.25, 0.3) is 5.91 Å². The first-order chi connectivity index (χ1) is 11.2. The maximum Gasteiger partial charge on any atom is 0.260 e. The molecule has 1 saturated heterocycles. The minimum atomic E-state index is -0.480. The van der Waals surface area contributed by atoms with Crippen LogP contribution in [0.15, 0.2) is 24.3 Å². The number of hydrogen-bond acceptors (Lipinski definition) is 4. The summed E-state index contributed by atoms with van der Waals surface area (Å²) >= 11 is 0. The van der Waals surface area contributed by atoms with E-state index in [1.165, 1.54) is 0 Å². The highest BCUT2D eigenvalue weighted by molar-refractivity contribution is 5.80. The zero-order valence-corrected chi connectivity index (χ0v) is 14.2. The third kappa shape index (κ3) is 5.84. The predicted octanol–water partition coefficient (Wildman–Crippen LogP) is 1.85. The molecule has 1 atom stereocenters. The van der Waals surface area contributed by atoms with E-state index in [0.717, 1.165) is 57.0 Å². The number of morpholine rings is 1. The number of benzene rings is 1.